The van der Waals surface area contributed by atoms with Crippen molar-refractivity contribution in [3.05, 3.63) is 75.4 Å². The third-order valence-electron chi connectivity index (χ3n) is 4.44. The molecule has 28 heavy (non-hydrogen) atoms. The van der Waals surface area contributed by atoms with Gasteiger partial charge in [0.25, 0.3) is 0 Å². The lowest BCUT2D eigenvalue weighted by Gasteiger charge is -2.10. The van der Waals surface area contributed by atoms with Crippen LogP contribution in [0.25, 0.3) is 11.0 Å². The molecule has 0 radical (unpaired) electrons. The third-order valence-corrected chi connectivity index (χ3v) is 4.44. The lowest BCUT2D eigenvalue weighted by molar-refractivity contribution is -0.143. The number of halogens is 1. The molecule has 0 aliphatic heterocycles. The number of rotatable bonds is 7. The van der Waals surface area contributed by atoms with Gasteiger partial charge in [-0.1, -0.05) is 12.1 Å². The summed E-state index contributed by atoms with van der Waals surface area (Å²) in [6, 6.07) is 11.4. The first-order chi connectivity index (χ1) is 13.5. The van der Waals surface area contributed by atoms with Gasteiger partial charge in [0.15, 0.2) is 0 Å². The van der Waals surface area contributed by atoms with Crippen LogP contribution in [0.5, 0.6) is 5.75 Å². The van der Waals surface area contributed by atoms with Crippen molar-refractivity contribution in [2.24, 2.45) is 0 Å². The summed E-state index contributed by atoms with van der Waals surface area (Å²) < 4.78 is 29.3. The Kier molecular flexibility index (Phi) is 6.09. The molecule has 1 aromatic heterocycles. The number of hydrogen-bond donors (Lipinski definition) is 0. The number of aryl methyl sites for hydroxylation is 1. The highest BCUT2D eigenvalue weighted by molar-refractivity contribution is 5.82. The highest BCUT2D eigenvalue weighted by atomic mass is 19.1. The Hall–Kier alpha value is -3.15. The Morgan fingerprint density at radius 3 is 2.75 bits per heavy atom. The van der Waals surface area contributed by atoms with Crippen molar-refractivity contribution in [3.63, 3.8) is 0 Å². The predicted molar refractivity (Wildman–Crippen MR) is 103 cm³/mol. The SMILES string of the molecule is CCOC(=O)CCc1c(C)c2ccc(OCc3cccc(F)c3)cc2oc1=O. The van der Waals surface area contributed by atoms with Crippen molar-refractivity contribution in [2.75, 3.05) is 6.61 Å². The van der Waals surface area contributed by atoms with Gasteiger partial charge in [-0.3, -0.25) is 4.79 Å². The molecular formula is C22H21FO5. The van der Waals surface area contributed by atoms with Gasteiger partial charge in [0.2, 0.25) is 0 Å². The van der Waals surface area contributed by atoms with Crippen molar-refractivity contribution in [1.29, 1.82) is 0 Å². The Balaban J connectivity index is 1.80. The zero-order valence-electron chi connectivity index (χ0n) is 15.8. The summed E-state index contributed by atoms with van der Waals surface area (Å²) in [6.45, 7) is 4.07. The highest BCUT2D eigenvalue weighted by Crippen LogP contribution is 2.25. The normalized spacial score (nSPS) is 10.8. The molecule has 0 saturated carbocycles. The summed E-state index contributed by atoms with van der Waals surface area (Å²) in [5, 5.41) is 0.775. The van der Waals surface area contributed by atoms with E-state index >= 15 is 0 Å². The minimum atomic E-state index is -0.475. The minimum absolute atomic E-state index is 0.125. The molecule has 2 aromatic carbocycles. The number of benzene rings is 2. The maximum Gasteiger partial charge on any atom is 0.339 e. The number of fused-ring (bicyclic) bond motifs is 1. The monoisotopic (exact) mass is 384 g/mol. The molecule has 0 atom stereocenters. The van der Waals surface area contributed by atoms with Crippen molar-refractivity contribution >= 4 is 16.9 Å². The summed E-state index contributed by atoms with van der Waals surface area (Å²) in [6.07, 6.45) is 0.389. The van der Waals surface area contributed by atoms with Crippen LogP contribution in [-0.4, -0.2) is 12.6 Å². The lowest BCUT2D eigenvalue weighted by atomic mass is 10.0. The smallest absolute Gasteiger partial charge is 0.339 e. The topological polar surface area (TPSA) is 65.7 Å². The molecule has 0 spiro atoms. The van der Waals surface area contributed by atoms with Crippen LogP contribution in [0.1, 0.15) is 30.0 Å². The van der Waals surface area contributed by atoms with Gasteiger partial charge in [-0.25, -0.2) is 9.18 Å². The van der Waals surface area contributed by atoms with E-state index in [-0.39, 0.29) is 31.2 Å². The van der Waals surface area contributed by atoms with Crippen LogP contribution < -0.4 is 10.4 Å². The molecule has 1 heterocycles. The minimum Gasteiger partial charge on any atom is -0.489 e. The van der Waals surface area contributed by atoms with Crippen molar-refractivity contribution in [1.82, 2.24) is 0 Å². The molecule has 0 aliphatic rings. The molecule has 5 nitrogen and oxygen atoms in total. The number of ether oxygens (including phenoxy) is 2. The molecule has 6 heteroatoms. The molecule has 0 fully saturated rings. The molecule has 0 N–H and O–H groups in total. The molecule has 3 aromatic rings. The summed E-state index contributed by atoms with van der Waals surface area (Å²) in [4.78, 5) is 23.9. The quantitative estimate of drug-likeness (QED) is 0.448. The molecule has 0 amide bonds. The second-order valence-electron chi connectivity index (χ2n) is 6.37. The summed E-state index contributed by atoms with van der Waals surface area (Å²) in [7, 11) is 0. The van der Waals surface area contributed by atoms with Gasteiger partial charge >= 0.3 is 11.6 Å². The van der Waals surface area contributed by atoms with Crippen LogP contribution in [0.2, 0.25) is 0 Å². The van der Waals surface area contributed by atoms with E-state index in [2.05, 4.69) is 0 Å². The third kappa shape index (κ3) is 4.57. The van der Waals surface area contributed by atoms with Gasteiger partial charge in [-0.2, -0.15) is 0 Å². The summed E-state index contributed by atoms with van der Waals surface area (Å²) in [5.74, 6) is -0.155. The van der Waals surface area contributed by atoms with Gasteiger partial charge < -0.3 is 13.9 Å². The average molecular weight is 384 g/mol. The molecule has 0 unspecified atom stereocenters. The number of carbonyl (C=O) groups is 1. The fraction of sp³-hybridized carbons (Fsp3) is 0.273. The maximum absolute atomic E-state index is 13.2. The molecule has 3 rings (SSSR count). The Morgan fingerprint density at radius 1 is 1.18 bits per heavy atom. The average Bonchev–Trinajstić information content (AvgIpc) is 2.66. The van der Waals surface area contributed by atoms with Crippen LogP contribution >= 0.6 is 0 Å². The van der Waals surface area contributed by atoms with E-state index in [9.17, 15) is 14.0 Å². The fourth-order valence-electron chi connectivity index (χ4n) is 3.01. The standard InChI is InChI=1S/C22H21FO5/c1-3-26-21(24)10-9-19-14(2)18-8-7-17(12-20(18)28-22(19)25)27-13-15-5-4-6-16(23)11-15/h4-8,11-12H,3,9-10,13H2,1-2H3. The Bertz CT molecular complexity index is 1050. The van der Waals surface area contributed by atoms with Gasteiger partial charge in [-0.05, 0) is 55.7 Å². The summed E-state index contributed by atoms with van der Waals surface area (Å²) in [5.41, 5.74) is 1.86. The van der Waals surface area contributed by atoms with Crippen LogP contribution in [-0.2, 0) is 22.6 Å². The number of hydrogen-bond acceptors (Lipinski definition) is 5. The van der Waals surface area contributed by atoms with E-state index in [4.69, 9.17) is 13.9 Å². The van der Waals surface area contributed by atoms with E-state index in [1.54, 1.807) is 31.2 Å². The Labute approximate surface area is 161 Å². The van der Waals surface area contributed by atoms with Gasteiger partial charge in [0.1, 0.15) is 23.8 Å². The van der Waals surface area contributed by atoms with Gasteiger partial charge in [-0.15, -0.1) is 0 Å². The second-order valence-corrected chi connectivity index (χ2v) is 6.37. The van der Waals surface area contributed by atoms with E-state index in [0.717, 1.165) is 10.9 Å². The lowest BCUT2D eigenvalue weighted by Crippen LogP contribution is -2.13. The van der Waals surface area contributed by atoms with Crippen molar-refractivity contribution in [2.45, 2.75) is 33.3 Å². The van der Waals surface area contributed by atoms with Gasteiger partial charge in [0, 0.05) is 23.4 Å². The maximum atomic E-state index is 13.2. The summed E-state index contributed by atoms with van der Waals surface area (Å²) >= 11 is 0. The molecule has 146 valence electrons. The first-order valence-corrected chi connectivity index (χ1v) is 9.07. The molecule has 0 aliphatic carbocycles. The first kappa shape index (κ1) is 19.6. The van der Waals surface area contributed by atoms with Gasteiger partial charge in [0.05, 0.1) is 6.61 Å². The van der Waals surface area contributed by atoms with E-state index in [0.29, 0.717) is 29.1 Å². The predicted octanol–water partition coefficient (Wildman–Crippen LogP) is 4.32. The molecule has 0 bridgehead atoms. The van der Waals surface area contributed by atoms with Crippen LogP contribution in [0.4, 0.5) is 4.39 Å². The van der Waals surface area contributed by atoms with Crippen LogP contribution in [0.3, 0.4) is 0 Å². The highest BCUT2D eigenvalue weighted by Gasteiger charge is 2.14. The van der Waals surface area contributed by atoms with Crippen molar-refractivity contribution < 1.29 is 23.1 Å². The van der Waals surface area contributed by atoms with Crippen LogP contribution in [0.15, 0.2) is 51.7 Å². The Morgan fingerprint density at radius 2 is 2.00 bits per heavy atom. The number of carbonyl (C=O) groups excluding carboxylic acids is 1. The first-order valence-electron chi connectivity index (χ1n) is 9.07. The zero-order valence-corrected chi connectivity index (χ0v) is 15.8. The zero-order chi connectivity index (χ0) is 20.1. The van der Waals surface area contributed by atoms with E-state index in [1.807, 2.05) is 13.0 Å². The fourth-order valence-corrected chi connectivity index (χ4v) is 3.01. The molecular weight excluding hydrogens is 363 g/mol. The van der Waals surface area contributed by atoms with E-state index in [1.165, 1.54) is 12.1 Å². The van der Waals surface area contributed by atoms with Crippen molar-refractivity contribution in [3.8, 4) is 5.75 Å². The molecule has 0 saturated heterocycles. The largest absolute Gasteiger partial charge is 0.489 e. The van der Waals surface area contributed by atoms with E-state index < -0.39 is 5.63 Å². The number of esters is 1. The van der Waals surface area contributed by atoms with Crippen LogP contribution in [0, 0.1) is 12.7 Å². The second kappa shape index (κ2) is 8.69.